The number of anilines is 3. The average molecular weight is 496 g/mol. The molecule has 8 nitrogen and oxygen atoms in total. The van der Waals surface area contributed by atoms with E-state index in [4.69, 9.17) is 4.74 Å². The molecule has 0 bridgehead atoms. The molecular weight excluding hydrogens is 468 g/mol. The third kappa shape index (κ3) is 4.84. The highest BCUT2D eigenvalue weighted by Gasteiger charge is 2.33. The van der Waals surface area contributed by atoms with Crippen LogP contribution in [0.4, 0.5) is 30.6 Å². The first-order chi connectivity index (χ1) is 17.4. The summed E-state index contributed by atoms with van der Waals surface area (Å²) in [5.41, 5.74) is 2.12. The van der Waals surface area contributed by atoms with Gasteiger partial charge in [0, 0.05) is 51.2 Å². The zero-order valence-corrected chi connectivity index (χ0v) is 19.9. The van der Waals surface area contributed by atoms with Gasteiger partial charge in [-0.25, -0.2) is 13.6 Å². The van der Waals surface area contributed by atoms with E-state index >= 15 is 4.39 Å². The lowest BCUT2D eigenvalue weighted by atomic mass is 10.2. The summed E-state index contributed by atoms with van der Waals surface area (Å²) in [6.07, 6.45) is 2.67. The highest BCUT2D eigenvalue weighted by Crippen LogP contribution is 2.30. The van der Waals surface area contributed by atoms with E-state index in [2.05, 4.69) is 5.32 Å². The van der Waals surface area contributed by atoms with Gasteiger partial charge in [-0.2, -0.15) is 0 Å². The summed E-state index contributed by atoms with van der Waals surface area (Å²) in [4.78, 5) is 28.6. The standard InChI is InChI=1S/C26H27F2N5O3/c1-18(34)29-16-21-17-33(26(35)36-21)20-5-7-25(23(28)15-20)32-12-10-31(11-13-32)24-6-4-19(14-22(24)27)30-8-2-3-9-30/h2-9,14-15,21H,10-13,16-17H2,1H3,(H,29,34)/t21-/m0/s1. The van der Waals surface area contributed by atoms with Crippen molar-refractivity contribution in [2.45, 2.75) is 13.0 Å². The fourth-order valence-corrected chi connectivity index (χ4v) is 4.62. The molecule has 2 amide bonds. The molecule has 3 aromatic rings. The van der Waals surface area contributed by atoms with Gasteiger partial charge in [-0.15, -0.1) is 0 Å². The Morgan fingerprint density at radius 2 is 1.50 bits per heavy atom. The number of benzene rings is 2. The second-order valence-electron chi connectivity index (χ2n) is 8.89. The third-order valence-corrected chi connectivity index (χ3v) is 6.49. The predicted molar refractivity (Wildman–Crippen MR) is 133 cm³/mol. The smallest absolute Gasteiger partial charge is 0.414 e. The van der Waals surface area contributed by atoms with Crippen molar-refractivity contribution in [2.75, 3.05) is 54.0 Å². The van der Waals surface area contributed by atoms with Crippen LogP contribution in [-0.2, 0) is 9.53 Å². The topological polar surface area (TPSA) is 70.1 Å². The van der Waals surface area contributed by atoms with E-state index in [1.165, 1.54) is 24.0 Å². The number of aromatic nitrogens is 1. The molecule has 0 saturated carbocycles. The quantitative estimate of drug-likeness (QED) is 0.567. The zero-order chi connectivity index (χ0) is 25.2. The molecule has 1 aromatic heterocycles. The Morgan fingerprint density at radius 3 is 2.06 bits per heavy atom. The average Bonchev–Trinajstić information content (AvgIpc) is 3.53. The molecular formula is C26H27F2N5O3. The maximum atomic E-state index is 15.1. The third-order valence-electron chi connectivity index (χ3n) is 6.49. The molecule has 0 aliphatic carbocycles. The molecule has 3 heterocycles. The van der Waals surface area contributed by atoms with Crippen molar-refractivity contribution in [3.8, 4) is 5.69 Å². The number of cyclic esters (lactones) is 1. The number of rotatable bonds is 6. The molecule has 2 fully saturated rings. The lowest BCUT2D eigenvalue weighted by Crippen LogP contribution is -2.47. The number of halogens is 2. The molecule has 0 radical (unpaired) electrons. The molecule has 5 rings (SSSR count). The summed E-state index contributed by atoms with van der Waals surface area (Å²) in [6, 6.07) is 13.6. The van der Waals surface area contributed by atoms with Crippen molar-refractivity contribution in [2.24, 2.45) is 0 Å². The Bertz CT molecular complexity index is 1260. The van der Waals surface area contributed by atoms with Crippen LogP contribution in [0.2, 0.25) is 0 Å². The van der Waals surface area contributed by atoms with Crippen LogP contribution in [0.3, 0.4) is 0 Å². The largest absolute Gasteiger partial charge is 0.442 e. The number of amides is 2. The van der Waals surface area contributed by atoms with Crippen molar-refractivity contribution in [1.82, 2.24) is 9.88 Å². The first kappa shape index (κ1) is 23.7. The van der Waals surface area contributed by atoms with Gasteiger partial charge in [0.05, 0.1) is 30.2 Å². The Labute approximate surface area is 207 Å². The number of piperazine rings is 1. The summed E-state index contributed by atoms with van der Waals surface area (Å²) in [5.74, 6) is -0.947. The van der Waals surface area contributed by atoms with E-state index in [1.807, 2.05) is 45.0 Å². The SMILES string of the molecule is CC(=O)NC[C@H]1CN(c2ccc(N3CCN(c4ccc(-n5cccc5)cc4F)CC3)c(F)c2)C(=O)O1. The maximum Gasteiger partial charge on any atom is 0.414 e. The number of hydrogen-bond donors (Lipinski definition) is 1. The normalized spacial score (nSPS) is 17.9. The highest BCUT2D eigenvalue weighted by molar-refractivity contribution is 5.90. The van der Waals surface area contributed by atoms with Crippen molar-refractivity contribution in [3.05, 3.63) is 72.6 Å². The number of carbonyl (C=O) groups excluding carboxylic acids is 2. The highest BCUT2D eigenvalue weighted by atomic mass is 19.1. The first-order valence-corrected chi connectivity index (χ1v) is 11.8. The monoisotopic (exact) mass is 495 g/mol. The molecule has 0 spiro atoms. The van der Waals surface area contributed by atoms with Crippen LogP contribution in [0.25, 0.3) is 5.69 Å². The van der Waals surface area contributed by atoms with Crippen LogP contribution in [0.5, 0.6) is 0 Å². The summed E-state index contributed by atoms with van der Waals surface area (Å²) in [5, 5.41) is 2.62. The molecule has 2 aliphatic rings. The summed E-state index contributed by atoms with van der Waals surface area (Å²) in [6.45, 7) is 3.97. The second kappa shape index (κ2) is 9.88. The number of nitrogens with zero attached hydrogens (tertiary/aromatic N) is 4. The fourth-order valence-electron chi connectivity index (χ4n) is 4.62. The molecule has 2 saturated heterocycles. The van der Waals surface area contributed by atoms with Crippen LogP contribution in [0, 0.1) is 11.6 Å². The van der Waals surface area contributed by atoms with Gasteiger partial charge in [0.15, 0.2) is 0 Å². The van der Waals surface area contributed by atoms with Gasteiger partial charge in [0.2, 0.25) is 5.91 Å². The fraction of sp³-hybridized carbons (Fsp3) is 0.308. The van der Waals surface area contributed by atoms with Crippen LogP contribution in [0.15, 0.2) is 60.9 Å². The van der Waals surface area contributed by atoms with Crippen molar-refractivity contribution >= 4 is 29.1 Å². The van der Waals surface area contributed by atoms with Crippen molar-refractivity contribution in [3.63, 3.8) is 0 Å². The number of ether oxygens (including phenoxy) is 1. The predicted octanol–water partition coefficient (Wildman–Crippen LogP) is 3.54. The van der Waals surface area contributed by atoms with Gasteiger partial charge in [-0.05, 0) is 48.5 Å². The summed E-state index contributed by atoms with van der Waals surface area (Å²) < 4.78 is 37.0. The lowest BCUT2D eigenvalue weighted by molar-refractivity contribution is -0.119. The molecule has 2 aliphatic heterocycles. The molecule has 0 unspecified atom stereocenters. The van der Waals surface area contributed by atoms with Gasteiger partial charge in [0.25, 0.3) is 0 Å². The summed E-state index contributed by atoms with van der Waals surface area (Å²) in [7, 11) is 0. The second-order valence-corrected chi connectivity index (χ2v) is 8.89. The van der Waals surface area contributed by atoms with Gasteiger partial charge >= 0.3 is 6.09 Å². The maximum absolute atomic E-state index is 15.1. The Balaban J connectivity index is 1.22. The van der Waals surface area contributed by atoms with E-state index in [0.717, 1.165) is 5.69 Å². The minimum atomic E-state index is -0.573. The molecule has 1 atom stereocenters. The molecule has 1 N–H and O–H groups in total. The first-order valence-electron chi connectivity index (χ1n) is 11.8. The van der Waals surface area contributed by atoms with Gasteiger partial charge in [0.1, 0.15) is 17.7 Å². The number of nitrogens with one attached hydrogen (secondary N) is 1. The van der Waals surface area contributed by atoms with Gasteiger partial charge in [-0.1, -0.05) is 0 Å². The van der Waals surface area contributed by atoms with Crippen LogP contribution >= 0.6 is 0 Å². The van der Waals surface area contributed by atoms with E-state index in [9.17, 15) is 14.0 Å². The van der Waals surface area contributed by atoms with Crippen LogP contribution < -0.4 is 20.0 Å². The van der Waals surface area contributed by atoms with Gasteiger partial charge in [-0.3, -0.25) is 9.69 Å². The van der Waals surface area contributed by atoms with Gasteiger partial charge < -0.3 is 24.4 Å². The van der Waals surface area contributed by atoms with Crippen molar-refractivity contribution in [1.29, 1.82) is 0 Å². The van der Waals surface area contributed by atoms with E-state index in [0.29, 0.717) is 43.2 Å². The van der Waals surface area contributed by atoms with Crippen LogP contribution in [-0.4, -0.2) is 61.9 Å². The Morgan fingerprint density at radius 1 is 0.944 bits per heavy atom. The minimum absolute atomic E-state index is 0.206. The Hall–Kier alpha value is -4.08. The van der Waals surface area contributed by atoms with Crippen LogP contribution in [0.1, 0.15) is 6.92 Å². The summed E-state index contributed by atoms with van der Waals surface area (Å²) >= 11 is 0. The number of hydrogen-bond acceptors (Lipinski definition) is 5. The number of carbonyl (C=O) groups is 2. The molecule has 10 heteroatoms. The van der Waals surface area contributed by atoms with Crippen molar-refractivity contribution < 1.29 is 23.1 Å². The molecule has 188 valence electrons. The zero-order valence-electron chi connectivity index (χ0n) is 19.9. The van der Waals surface area contributed by atoms with E-state index in [1.54, 1.807) is 18.2 Å². The molecule has 2 aromatic carbocycles. The minimum Gasteiger partial charge on any atom is -0.442 e. The van der Waals surface area contributed by atoms with E-state index in [-0.39, 0.29) is 24.8 Å². The Kier molecular flexibility index (Phi) is 6.49. The van der Waals surface area contributed by atoms with E-state index < -0.39 is 18.0 Å². The molecule has 36 heavy (non-hydrogen) atoms. The lowest BCUT2D eigenvalue weighted by Gasteiger charge is -2.37.